The van der Waals surface area contributed by atoms with E-state index in [4.69, 9.17) is 11.6 Å². The van der Waals surface area contributed by atoms with Gasteiger partial charge in [-0.15, -0.1) is 0 Å². The number of halogens is 2. The number of anilines is 2. The summed E-state index contributed by atoms with van der Waals surface area (Å²) >= 11 is 6.07. The highest BCUT2D eigenvalue weighted by molar-refractivity contribution is 7.92. The van der Waals surface area contributed by atoms with Gasteiger partial charge in [-0.25, -0.2) is 12.8 Å². The molecule has 0 aliphatic heterocycles. The van der Waals surface area contributed by atoms with Crippen molar-refractivity contribution in [2.75, 3.05) is 16.2 Å². The van der Waals surface area contributed by atoms with Crippen LogP contribution in [0.15, 0.2) is 71.9 Å². The van der Waals surface area contributed by atoms with Gasteiger partial charge in [0.15, 0.2) is 0 Å². The molecule has 1 heterocycles. The minimum atomic E-state index is -4.11. The smallest absolute Gasteiger partial charge is 0.266 e. The molecule has 1 N–H and O–H groups in total. The molecule has 9 heteroatoms. The van der Waals surface area contributed by atoms with E-state index in [1.165, 1.54) is 36.7 Å². The summed E-state index contributed by atoms with van der Waals surface area (Å²) in [4.78, 5) is 16.4. The lowest BCUT2D eigenvalue weighted by Gasteiger charge is -2.24. The van der Waals surface area contributed by atoms with Gasteiger partial charge in [0.1, 0.15) is 17.3 Å². The second kappa shape index (κ2) is 8.59. The average molecular weight is 434 g/mol. The molecule has 2 aromatic carbocycles. The van der Waals surface area contributed by atoms with Gasteiger partial charge in [-0.3, -0.25) is 14.1 Å². The Hall–Kier alpha value is -2.97. The first-order valence-corrected chi connectivity index (χ1v) is 10.3. The number of carbonyl (C=O) groups is 1. The molecule has 0 aliphatic rings. The van der Waals surface area contributed by atoms with E-state index in [2.05, 4.69) is 10.3 Å². The van der Waals surface area contributed by atoms with Gasteiger partial charge >= 0.3 is 0 Å². The Morgan fingerprint density at radius 3 is 2.52 bits per heavy atom. The van der Waals surface area contributed by atoms with Gasteiger partial charge in [0.25, 0.3) is 10.0 Å². The first kappa shape index (κ1) is 20.8. The molecule has 0 fully saturated rings. The van der Waals surface area contributed by atoms with Crippen molar-refractivity contribution in [2.45, 2.75) is 11.8 Å². The summed E-state index contributed by atoms with van der Waals surface area (Å²) in [6, 6.07) is 12.7. The minimum absolute atomic E-state index is 0.0870. The summed E-state index contributed by atoms with van der Waals surface area (Å²) in [6.07, 6.45) is 2.63. The Kier molecular flexibility index (Phi) is 6.14. The number of rotatable bonds is 6. The molecule has 0 saturated heterocycles. The number of benzene rings is 2. The van der Waals surface area contributed by atoms with Crippen molar-refractivity contribution in [1.29, 1.82) is 0 Å². The largest absolute Gasteiger partial charge is 0.324 e. The highest BCUT2D eigenvalue weighted by Crippen LogP contribution is 2.25. The van der Waals surface area contributed by atoms with Crippen molar-refractivity contribution in [3.8, 4) is 0 Å². The first-order chi connectivity index (χ1) is 13.8. The third-order valence-electron chi connectivity index (χ3n) is 4.17. The van der Waals surface area contributed by atoms with Crippen molar-refractivity contribution in [3.63, 3.8) is 0 Å². The van der Waals surface area contributed by atoms with Crippen LogP contribution < -0.4 is 9.62 Å². The third kappa shape index (κ3) is 4.72. The lowest BCUT2D eigenvalue weighted by Crippen LogP contribution is -2.38. The molecule has 0 aliphatic carbocycles. The summed E-state index contributed by atoms with van der Waals surface area (Å²) in [5, 5.41) is 3.14. The van der Waals surface area contributed by atoms with Gasteiger partial charge in [-0.2, -0.15) is 0 Å². The SMILES string of the molecule is Cc1c(Cl)cccc1NC(=O)CN(c1ccc(F)cc1)S(=O)(=O)c1cccnc1. The fourth-order valence-electron chi connectivity index (χ4n) is 2.61. The van der Waals surface area contributed by atoms with Crippen LogP contribution in [0.25, 0.3) is 0 Å². The number of aromatic nitrogens is 1. The molecule has 0 atom stereocenters. The standard InChI is InChI=1S/C20H17ClFN3O3S/c1-14-18(21)5-2-6-19(14)24-20(26)13-25(16-9-7-15(22)8-10-16)29(27,28)17-4-3-11-23-12-17/h2-12H,13H2,1H3,(H,24,26). The van der Waals surface area contributed by atoms with Crippen LogP contribution in [0, 0.1) is 12.7 Å². The van der Waals surface area contributed by atoms with E-state index in [0.717, 1.165) is 16.4 Å². The number of pyridine rings is 1. The van der Waals surface area contributed by atoms with Crippen molar-refractivity contribution in [2.24, 2.45) is 0 Å². The third-order valence-corrected chi connectivity index (χ3v) is 6.33. The van der Waals surface area contributed by atoms with Crippen LogP contribution >= 0.6 is 11.6 Å². The van der Waals surface area contributed by atoms with Gasteiger partial charge in [-0.1, -0.05) is 17.7 Å². The number of hydrogen-bond acceptors (Lipinski definition) is 4. The van der Waals surface area contributed by atoms with Crippen molar-refractivity contribution in [1.82, 2.24) is 4.98 Å². The van der Waals surface area contributed by atoms with Crippen LogP contribution in [0.2, 0.25) is 5.02 Å². The normalized spacial score (nSPS) is 11.1. The molecule has 6 nitrogen and oxygen atoms in total. The zero-order valence-corrected chi connectivity index (χ0v) is 16.9. The fraction of sp³-hybridized carbons (Fsp3) is 0.100. The lowest BCUT2D eigenvalue weighted by atomic mass is 10.2. The molecule has 150 valence electrons. The Morgan fingerprint density at radius 2 is 1.86 bits per heavy atom. The van der Waals surface area contributed by atoms with Crippen LogP contribution in [0.4, 0.5) is 15.8 Å². The van der Waals surface area contributed by atoms with Crippen LogP contribution in [0.5, 0.6) is 0 Å². The zero-order chi connectivity index (χ0) is 21.0. The topological polar surface area (TPSA) is 79.4 Å². The molecule has 0 bridgehead atoms. The maximum Gasteiger partial charge on any atom is 0.266 e. The summed E-state index contributed by atoms with van der Waals surface area (Å²) in [5.74, 6) is -1.10. The fourth-order valence-corrected chi connectivity index (χ4v) is 4.17. The molecule has 1 aromatic heterocycles. The second-order valence-electron chi connectivity index (χ2n) is 6.14. The lowest BCUT2D eigenvalue weighted by molar-refractivity contribution is -0.114. The molecule has 0 unspecified atom stereocenters. The Morgan fingerprint density at radius 1 is 1.14 bits per heavy atom. The number of nitrogens with one attached hydrogen (secondary N) is 1. The van der Waals surface area contributed by atoms with E-state index in [0.29, 0.717) is 16.3 Å². The number of amides is 1. The summed E-state index contributed by atoms with van der Waals surface area (Å²) < 4.78 is 40.5. The summed E-state index contributed by atoms with van der Waals surface area (Å²) in [7, 11) is -4.11. The first-order valence-electron chi connectivity index (χ1n) is 8.52. The summed E-state index contributed by atoms with van der Waals surface area (Å²) in [6.45, 7) is 1.22. The Bertz CT molecular complexity index is 1120. The highest BCUT2D eigenvalue weighted by atomic mass is 35.5. The van der Waals surface area contributed by atoms with E-state index in [1.807, 2.05) is 0 Å². The van der Waals surface area contributed by atoms with E-state index in [9.17, 15) is 17.6 Å². The molecular formula is C20H17ClFN3O3S. The van der Waals surface area contributed by atoms with Crippen LogP contribution in [-0.4, -0.2) is 25.9 Å². The van der Waals surface area contributed by atoms with Crippen LogP contribution in [0.1, 0.15) is 5.56 Å². The van der Waals surface area contributed by atoms with Gasteiger partial charge in [0, 0.05) is 23.1 Å². The predicted molar refractivity (Wildman–Crippen MR) is 110 cm³/mol. The number of nitrogens with zero attached hydrogens (tertiary/aromatic N) is 2. The predicted octanol–water partition coefficient (Wildman–Crippen LogP) is 4.02. The van der Waals surface area contributed by atoms with Crippen molar-refractivity contribution >= 4 is 38.9 Å². The van der Waals surface area contributed by atoms with Gasteiger partial charge in [-0.05, 0) is 61.0 Å². The molecule has 3 aromatic rings. The molecule has 0 saturated carbocycles. The van der Waals surface area contributed by atoms with E-state index < -0.39 is 28.3 Å². The molecular weight excluding hydrogens is 417 g/mol. The van der Waals surface area contributed by atoms with Crippen LogP contribution in [-0.2, 0) is 14.8 Å². The number of sulfonamides is 1. The minimum Gasteiger partial charge on any atom is -0.324 e. The second-order valence-corrected chi connectivity index (χ2v) is 8.41. The molecule has 3 rings (SSSR count). The monoisotopic (exact) mass is 433 g/mol. The van der Waals surface area contributed by atoms with Crippen LogP contribution in [0.3, 0.4) is 0 Å². The van der Waals surface area contributed by atoms with E-state index >= 15 is 0 Å². The summed E-state index contributed by atoms with van der Waals surface area (Å²) in [5.41, 5.74) is 1.28. The Balaban J connectivity index is 1.94. The molecule has 0 spiro atoms. The highest BCUT2D eigenvalue weighted by Gasteiger charge is 2.27. The van der Waals surface area contributed by atoms with E-state index in [-0.39, 0.29) is 10.6 Å². The maximum absolute atomic E-state index is 13.3. The molecule has 0 radical (unpaired) electrons. The number of carbonyl (C=O) groups excluding carboxylic acids is 1. The number of hydrogen-bond donors (Lipinski definition) is 1. The van der Waals surface area contributed by atoms with Crippen molar-refractivity contribution in [3.05, 3.63) is 83.4 Å². The average Bonchev–Trinajstić information content (AvgIpc) is 2.71. The molecule has 29 heavy (non-hydrogen) atoms. The van der Waals surface area contributed by atoms with Gasteiger partial charge < -0.3 is 5.32 Å². The zero-order valence-electron chi connectivity index (χ0n) is 15.3. The quantitative estimate of drug-likeness (QED) is 0.636. The van der Waals surface area contributed by atoms with Gasteiger partial charge in [0.05, 0.1) is 5.69 Å². The maximum atomic E-state index is 13.3. The molecule has 1 amide bonds. The van der Waals surface area contributed by atoms with Crippen molar-refractivity contribution < 1.29 is 17.6 Å². The van der Waals surface area contributed by atoms with Gasteiger partial charge in [0.2, 0.25) is 5.91 Å². The van der Waals surface area contributed by atoms with E-state index in [1.54, 1.807) is 25.1 Å². The Labute approximate surface area is 173 Å².